The van der Waals surface area contributed by atoms with Gasteiger partial charge in [0.25, 0.3) is 5.56 Å². The molecular formula is C24H15Cl2N3O2S. The minimum atomic E-state index is -0.203. The molecule has 2 aromatic heterocycles. The summed E-state index contributed by atoms with van der Waals surface area (Å²) in [5, 5.41) is 1.77. The van der Waals surface area contributed by atoms with Gasteiger partial charge in [0.05, 0.1) is 32.8 Å². The van der Waals surface area contributed by atoms with Crippen LogP contribution >= 0.6 is 34.5 Å². The van der Waals surface area contributed by atoms with Crippen molar-refractivity contribution in [3.8, 4) is 10.9 Å². The number of hydrogen-bond donors (Lipinski definition) is 0. The molecule has 32 heavy (non-hydrogen) atoms. The van der Waals surface area contributed by atoms with Crippen molar-refractivity contribution in [2.24, 2.45) is 0 Å². The molecule has 0 amide bonds. The van der Waals surface area contributed by atoms with E-state index in [1.54, 1.807) is 25.3 Å². The number of para-hydroxylation sites is 1. The predicted octanol–water partition coefficient (Wildman–Crippen LogP) is 6.48. The van der Waals surface area contributed by atoms with E-state index in [-0.39, 0.29) is 5.56 Å². The molecule has 0 radical (unpaired) electrons. The zero-order valence-electron chi connectivity index (χ0n) is 16.8. The van der Waals surface area contributed by atoms with Gasteiger partial charge in [-0.3, -0.25) is 4.79 Å². The normalized spacial score (nSPS) is 11.6. The molecule has 5 nitrogen and oxygen atoms in total. The third kappa shape index (κ3) is 3.66. The lowest BCUT2D eigenvalue weighted by Crippen LogP contribution is -2.22. The van der Waals surface area contributed by atoms with Crippen LogP contribution in [-0.2, 0) is 0 Å². The number of methoxy groups -OCH3 is 1. The Bertz CT molecular complexity index is 1560. The van der Waals surface area contributed by atoms with Gasteiger partial charge < -0.3 is 4.74 Å². The molecule has 2 heterocycles. The summed E-state index contributed by atoms with van der Waals surface area (Å²) >= 11 is 13.9. The van der Waals surface area contributed by atoms with E-state index in [9.17, 15) is 4.79 Å². The molecule has 8 heteroatoms. The number of rotatable bonds is 4. The van der Waals surface area contributed by atoms with Crippen molar-refractivity contribution in [1.29, 1.82) is 0 Å². The average Bonchev–Trinajstić information content (AvgIpc) is 3.25. The fraction of sp³-hybridized carbons (Fsp3) is 0.0417. The first-order valence-corrected chi connectivity index (χ1v) is 11.2. The second-order valence-corrected chi connectivity index (χ2v) is 8.73. The first kappa shape index (κ1) is 20.7. The summed E-state index contributed by atoms with van der Waals surface area (Å²) < 4.78 is 7.55. The third-order valence-corrected chi connectivity index (χ3v) is 6.77. The molecule has 0 unspecified atom stereocenters. The number of fused-ring (bicyclic) bond motifs is 2. The Morgan fingerprint density at radius 3 is 2.53 bits per heavy atom. The van der Waals surface area contributed by atoms with Crippen molar-refractivity contribution in [2.45, 2.75) is 0 Å². The van der Waals surface area contributed by atoms with Gasteiger partial charge in [0.15, 0.2) is 5.13 Å². The van der Waals surface area contributed by atoms with Crippen molar-refractivity contribution >= 4 is 67.8 Å². The fourth-order valence-corrected chi connectivity index (χ4v) is 4.75. The maximum absolute atomic E-state index is 13.5. The Hall–Kier alpha value is -3.19. The molecule has 0 aliphatic rings. The van der Waals surface area contributed by atoms with Gasteiger partial charge in [-0.2, -0.15) is 0 Å². The van der Waals surface area contributed by atoms with Crippen molar-refractivity contribution < 1.29 is 4.74 Å². The van der Waals surface area contributed by atoms with Crippen molar-refractivity contribution in [3.63, 3.8) is 0 Å². The van der Waals surface area contributed by atoms with Crippen LogP contribution in [0.1, 0.15) is 11.4 Å². The standard InChI is InChI=1S/C24H15Cl2N3O2S/c1-31-15-9-6-14(7-10-15)8-13-20-27-18-5-3-2-4-16(18)23(30)29(20)24-28-22-19(32-24)12-11-17(25)21(22)26/h2-13H,1H3/b13-8+. The first-order chi connectivity index (χ1) is 15.5. The summed E-state index contributed by atoms with van der Waals surface area (Å²) in [4.78, 5) is 22.8. The van der Waals surface area contributed by atoms with Gasteiger partial charge in [0, 0.05) is 0 Å². The van der Waals surface area contributed by atoms with Gasteiger partial charge in [-0.1, -0.05) is 64.9 Å². The predicted molar refractivity (Wildman–Crippen MR) is 132 cm³/mol. The van der Waals surface area contributed by atoms with E-state index in [0.717, 1.165) is 16.0 Å². The molecule has 0 aliphatic heterocycles. The second kappa shape index (κ2) is 8.39. The lowest BCUT2D eigenvalue weighted by atomic mass is 10.2. The van der Waals surface area contributed by atoms with Gasteiger partial charge in [0.2, 0.25) is 0 Å². The smallest absolute Gasteiger partial charge is 0.268 e. The van der Waals surface area contributed by atoms with Crippen molar-refractivity contribution in [2.75, 3.05) is 7.11 Å². The molecular weight excluding hydrogens is 465 g/mol. The minimum Gasteiger partial charge on any atom is -0.497 e. The van der Waals surface area contributed by atoms with E-state index < -0.39 is 0 Å². The fourth-order valence-electron chi connectivity index (χ4n) is 3.35. The highest BCUT2D eigenvalue weighted by Crippen LogP contribution is 2.34. The van der Waals surface area contributed by atoms with Crippen LogP contribution in [0.25, 0.3) is 38.4 Å². The number of benzene rings is 3. The summed E-state index contributed by atoms with van der Waals surface area (Å²) in [7, 11) is 1.62. The number of thiazole rings is 1. The summed E-state index contributed by atoms with van der Waals surface area (Å²) in [6.45, 7) is 0. The van der Waals surface area contributed by atoms with Gasteiger partial charge in [0.1, 0.15) is 17.1 Å². The molecule has 0 fully saturated rings. The van der Waals surface area contributed by atoms with Crippen LogP contribution in [0.15, 0.2) is 65.5 Å². The Morgan fingerprint density at radius 2 is 1.75 bits per heavy atom. The third-order valence-electron chi connectivity index (χ3n) is 4.97. The van der Waals surface area contributed by atoms with Crippen LogP contribution in [0.4, 0.5) is 0 Å². The Morgan fingerprint density at radius 1 is 0.969 bits per heavy atom. The van der Waals surface area contributed by atoms with Crippen molar-refractivity contribution in [1.82, 2.24) is 14.5 Å². The van der Waals surface area contributed by atoms with E-state index in [2.05, 4.69) is 4.98 Å². The molecule has 0 saturated heterocycles. The number of halogens is 2. The maximum Gasteiger partial charge on any atom is 0.268 e. The average molecular weight is 480 g/mol. The van der Waals surface area contributed by atoms with Gasteiger partial charge >= 0.3 is 0 Å². The molecule has 3 aromatic carbocycles. The first-order valence-electron chi connectivity index (χ1n) is 9.64. The highest BCUT2D eigenvalue weighted by atomic mass is 35.5. The van der Waals surface area contributed by atoms with E-state index >= 15 is 0 Å². The molecule has 0 atom stereocenters. The number of nitrogens with zero attached hydrogens (tertiary/aromatic N) is 3. The molecule has 158 valence electrons. The molecule has 0 spiro atoms. The van der Waals surface area contributed by atoms with Crippen LogP contribution in [0.5, 0.6) is 5.75 Å². The highest BCUT2D eigenvalue weighted by Gasteiger charge is 2.17. The summed E-state index contributed by atoms with van der Waals surface area (Å²) in [6, 6.07) is 18.4. The van der Waals surface area contributed by atoms with Crippen LogP contribution in [0.2, 0.25) is 10.0 Å². The minimum absolute atomic E-state index is 0.203. The lowest BCUT2D eigenvalue weighted by molar-refractivity contribution is 0.415. The van der Waals surface area contributed by atoms with Crippen LogP contribution < -0.4 is 10.3 Å². The van der Waals surface area contributed by atoms with E-state index in [1.165, 1.54) is 15.9 Å². The summed E-state index contributed by atoms with van der Waals surface area (Å²) in [5.74, 6) is 1.23. The number of ether oxygens (including phenoxy) is 1. The Kier molecular flexibility index (Phi) is 5.43. The van der Waals surface area contributed by atoms with Gasteiger partial charge in [-0.25, -0.2) is 14.5 Å². The number of hydrogen-bond acceptors (Lipinski definition) is 5. The second-order valence-electron chi connectivity index (χ2n) is 6.94. The number of aromatic nitrogens is 3. The molecule has 5 rings (SSSR count). The van der Waals surface area contributed by atoms with Gasteiger partial charge in [-0.15, -0.1) is 0 Å². The maximum atomic E-state index is 13.5. The van der Waals surface area contributed by atoms with E-state index in [1.807, 2.05) is 54.6 Å². The molecule has 0 saturated carbocycles. The quantitative estimate of drug-likeness (QED) is 0.295. The highest BCUT2D eigenvalue weighted by molar-refractivity contribution is 7.20. The molecule has 0 N–H and O–H groups in total. The Labute approximate surface area is 197 Å². The molecule has 5 aromatic rings. The zero-order chi connectivity index (χ0) is 22.2. The Balaban J connectivity index is 1.72. The molecule has 0 bridgehead atoms. The topological polar surface area (TPSA) is 57.0 Å². The summed E-state index contributed by atoms with van der Waals surface area (Å²) in [5.41, 5.74) is 1.92. The molecule has 0 aliphatic carbocycles. The van der Waals surface area contributed by atoms with Crippen molar-refractivity contribution in [3.05, 3.63) is 92.5 Å². The van der Waals surface area contributed by atoms with E-state index in [0.29, 0.717) is 37.4 Å². The summed E-state index contributed by atoms with van der Waals surface area (Å²) in [6.07, 6.45) is 3.69. The van der Waals surface area contributed by atoms with Gasteiger partial charge in [-0.05, 0) is 48.0 Å². The lowest BCUT2D eigenvalue weighted by Gasteiger charge is -2.08. The van der Waals surface area contributed by atoms with E-state index in [4.69, 9.17) is 32.9 Å². The van der Waals surface area contributed by atoms with Crippen LogP contribution in [0, 0.1) is 0 Å². The monoisotopic (exact) mass is 479 g/mol. The van der Waals surface area contributed by atoms with Crippen LogP contribution in [-0.4, -0.2) is 21.6 Å². The SMILES string of the molecule is COc1ccc(/C=C/c2nc3ccccc3c(=O)n2-c2nc3c(Cl)c(Cl)ccc3s2)cc1. The largest absolute Gasteiger partial charge is 0.497 e. The zero-order valence-corrected chi connectivity index (χ0v) is 19.1. The van der Waals surface area contributed by atoms with Crippen LogP contribution in [0.3, 0.4) is 0 Å².